The Morgan fingerprint density at radius 2 is 1.88 bits per heavy atom. The van der Waals surface area contributed by atoms with Gasteiger partial charge < -0.3 is 11.1 Å². The Labute approximate surface area is 212 Å². The Hall–Kier alpha value is -1.17. The Kier molecular flexibility index (Phi) is 7.67. The van der Waals surface area contributed by atoms with Crippen LogP contribution in [0.1, 0.15) is 98.8 Å². The van der Waals surface area contributed by atoms with Crippen molar-refractivity contribution in [3.05, 3.63) is 0 Å². The number of carbonyl (C=O) groups excluding carboxylic acids is 1. The van der Waals surface area contributed by atoms with Crippen LogP contribution < -0.4 is 16.5 Å². The molecule has 3 aliphatic carbocycles. The van der Waals surface area contributed by atoms with Crippen molar-refractivity contribution in [1.29, 1.82) is 0 Å². The number of thiocarbonyl (C=S) groups is 1. The third-order valence-corrected chi connectivity index (χ3v) is 10.9. The summed E-state index contributed by atoms with van der Waals surface area (Å²) in [6.07, 6.45) is 12.1. The van der Waals surface area contributed by atoms with Gasteiger partial charge in [0.25, 0.3) is 0 Å². The van der Waals surface area contributed by atoms with E-state index in [9.17, 15) is 4.79 Å². The van der Waals surface area contributed by atoms with E-state index in [1.165, 1.54) is 50.7 Å². The summed E-state index contributed by atoms with van der Waals surface area (Å²) in [5.74, 6) is 4.96. The van der Waals surface area contributed by atoms with Crippen LogP contribution in [0.4, 0.5) is 0 Å². The SMILES string of the molecule is CC(C)CCC[C@@H](C)[C@H]1CC[C@H]2[C@@H]3C/C(=N\NC(N)=S)[C@H]4CNC(=O)CC[C@]4(C)[C@H]3CC[C@]12C. The minimum absolute atomic E-state index is 0.0983. The number of amides is 1. The van der Waals surface area contributed by atoms with Crippen LogP contribution in [-0.4, -0.2) is 23.3 Å². The maximum absolute atomic E-state index is 12.4. The smallest absolute Gasteiger partial charge is 0.220 e. The van der Waals surface area contributed by atoms with Gasteiger partial charge in [0.05, 0.1) is 0 Å². The van der Waals surface area contributed by atoms with Gasteiger partial charge in [0.2, 0.25) is 5.91 Å². The van der Waals surface area contributed by atoms with Crippen molar-refractivity contribution < 1.29 is 4.79 Å². The summed E-state index contributed by atoms with van der Waals surface area (Å²) in [7, 11) is 0. The van der Waals surface area contributed by atoms with Crippen LogP contribution in [-0.2, 0) is 4.79 Å². The number of nitrogens with zero attached hydrogens (tertiary/aromatic N) is 1. The Bertz CT molecular complexity index is 812. The van der Waals surface area contributed by atoms with Gasteiger partial charge in [-0.05, 0) is 97.1 Å². The average Bonchev–Trinajstić information content (AvgIpc) is 3.04. The quantitative estimate of drug-likeness (QED) is 0.334. The normalized spacial score (nSPS) is 41.8. The van der Waals surface area contributed by atoms with Crippen molar-refractivity contribution in [3.8, 4) is 0 Å². The first-order valence-electron chi connectivity index (χ1n) is 13.9. The highest BCUT2D eigenvalue weighted by Crippen LogP contribution is 2.67. The van der Waals surface area contributed by atoms with Crippen molar-refractivity contribution in [2.75, 3.05) is 6.54 Å². The summed E-state index contributed by atoms with van der Waals surface area (Å²) in [6, 6.07) is 0. The van der Waals surface area contributed by atoms with Gasteiger partial charge in [0.15, 0.2) is 5.11 Å². The molecule has 0 radical (unpaired) electrons. The van der Waals surface area contributed by atoms with Crippen LogP contribution in [0.2, 0.25) is 0 Å². The maximum atomic E-state index is 12.4. The second-order valence-electron chi connectivity index (χ2n) is 13.1. The number of hydrogen-bond acceptors (Lipinski definition) is 3. The fourth-order valence-corrected chi connectivity index (χ4v) is 9.13. The summed E-state index contributed by atoms with van der Waals surface area (Å²) in [6.45, 7) is 13.0. The zero-order valence-corrected chi connectivity index (χ0v) is 23.0. The van der Waals surface area contributed by atoms with E-state index < -0.39 is 0 Å². The van der Waals surface area contributed by atoms with Gasteiger partial charge in [0, 0.05) is 24.6 Å². The van der Waals surface area contributed by atoms with Gasteiger partial charge in [-0.1, -0.05) is 53.9 Å². The first-order chi connectivity index (χ1) is 16.1. The topological polar surface area (TPSA) is 79.5 Å². The van der Waals surface area contributed by atoms with Crippen LogP contribution in [0.5, 0.6) is 0 Å². The molecule has 1 heterocycles. The Balaban J connectivity index is 1.59. The zero-order valence-electron chi connectivity index (χ0n) is 22.2. The largest absolute Gasteiger partial charge is 0.375 e. The number of hydrogen-bond donors (Lipinski definition) is 3. The lowest BCUT2D eigenvalue weighted by Gasteiger charge is -2.59. The molecule has 4 aliphatic rings. The fraction of sp³-hybridized carbons (Fsp3) is 0.893. The van der Waals surface area contributed by atoms with Crippen molar-refractivity contribution in [1.82, 2.24) is 10.7 Å². The van der Waals surface area contributed by atoms with E-state index in [2.05, 4.69) is 45.4 Å². The predicted molar refractivity (Wildman–Crippen MR) is 144 cm³/mol. The highest BCUT2D eigenvalue weighted by atomic mass is 32.1. The average molecular weight is 489 g/mol. The van der Waals surface area contributed by atoms with E-state index in [0.29, 0.717) is 30.2 Å². The minimum Gasteiger partial charge on any atom is -0.375 e. The first kappa shape index (κ1) is 25.9. The van der Waals surface area contributed by atoms with Crippen LogP contribution in [0.25, 0.3) is 0 Å². The number of fused-ring (bicyclic) bond motifs is 5. The van der Waals surface area contributed by atoms with E-state index in [0.717, 1.165) is 36.5 Å². The van der Waals surface area contributed by atoms with Gasteiger partial charge in [-0.2, -0.15) is 5.10 Å². The molecule has 0 aromatic carbocycles. The predicted octanol–water partition coefficient (Wildman–Crippen LogP) is 5.63. The lowest BCUT2D eigenvalue weighted by molar-refractivity contribution is -0.121. The third-order valence-electron chi connectivity index (χ3n) is 10.8. The van der Waals surface area contributed by atoms with E-state index in [4.69, 9.17) is 23.1 Å². The summed E-state index contributed by atoms with van der Waals surface area (Å²) in [5, 5.41) is 8.16. The molecule has 5 nitrogen and oxygen atoms in total. The van der Waals surface area contributed by atoms with Crippen molar-refractivity contribution in [3.63, 3.8) is 0 Å². The van der Waals surface area contributed by atoms with E-state index in [-0.39, 0.29) is 22.4 Å². The summed E-state index contributed by atoms with van der Waals surface area (Å²) >= 11 is 5.08. The molecule has 0 spiro atoms. The number of rotatable bonds is 6. The monoisotopic (exact) mass is 488 g/mol. The highest BCUT2D eigenvalue weighted by Gasteiger charge is 2.61. The summed E-state index contributed by atoms with van der Waals surface area (Å²) in [4.78, 5) is 12.4. The third kappa shape index (κ3) is 4.77. The molecule has 4 fully saturated rings. The number of hydrazone groups is 1. The molecule has 1 amide bonds. The molecule has 0 aromatic heterocycles. The van der Waals surface area contributed by atoms with Gasteiger partial charge in [-0.25, -0.2) is 0 Å². The molecular formula is C28H48N4OS. The molecule has 1 saturated heterocycles. The summed E-state index contributed by atoms with van der Waals surface area (Å²) < 4.78 is 0. The van der Waals surface area contributed by atoms with Crippen molar-refractivity contribution >= 4 is 28.9 Å². The zero-order chi connectivity index (χ0) is 24.7. The minimum atomic E-state index is 0.0983. The second kappa shape index (κ2) is 10.1. The highest BCUT2D eigenvalue weighted by molar-refractivity contribution is 7.80. The van der Waals surface area contributed by atoms with Gasteiger partial charge >= 0.3 is 0 Å². The van der Waals surface area contributed by atoms with Crippen molar-refractivity contribution in [2.24, 2.45) is 63.1 Å². The number of carbonyl (C=O) groups is 1. The molecule has 0 bridgehead atoms. The number of nitrogens with two attached hydrogens (primary N) is 1. The first-order valence-corrected chi connectivity index (χ1v) is 14.4. The summed E-state index contributed by atoms with van der Waals surface area (Å²) in [5.41, 5.74) is 10.4. The van der Waals surface area contributed by atoms with Gasteiger partial charge in [-0.3, -0.25) is 10.2 Å². The molecule has 34 heavy (non-hydrogen) atoms. The second-order valence-corrected chi connectivity index (χ2v) is 13.5. The molecule has 3 saturated carbocycles. The molecule has 6 heteroatoms. The number of nitrogens with one attached hydrogen (secondary N) is 2. The fourth-order valence-electron chi connectivity index (χ4n) is 9.09. The lowest BCUT2D eigenvalue weighted by atomic mass is 9.45. The molecule has 4 rings (SSSR count). The molecule has 192 valence electrons. The van der Waals surface area contributed by atoms with Gasteiger partial charge in [0.1, 0.15) is 0 Å². The lowest BCUT2D eigenvalue weighted by Crippen LogP contribution is -2.56. The Morgan fingerprint density at radius 3 is 2.59 bits per heavy atom. The van der Waals surface area contributed by atoms with Crippen LogP contribution in [0.3, 0.4) is 0 Å². The van der Waals surface area contributed by atoms with Gasteiger partial charge in [-0.15, -0.1) is 0 Å². The van der Waals surface area contributed by atoms with Crippen molar-refractivity contribution in [2.45, 2.75) is 98.8 Å². The maximum Gasteiger partial charge on any atom is 0.220 e. The molecule has 4 N–H and O–H groups in total. The van der Waals surface area contributed by atoms with Crippen LogP contribution >= 0.6 is 12.2 Å². The van der Waals surface area contributed by atoms with E-state index in [1.54, 1.807) is 0 Å². The molecule has 1 aliphatic heterocycles. The molecule has 0 unspecified atom stereocenters. The molecular weight excluding hydrogens is 440 g/mol. The Morgan fingerprint density at radius 1 is 1.15 bits per heavy atom. The van der Waals surface area contributed by atoms with Crippen LogP contribution in [0, 0.1) is 52.3 Å². The van der Waals surface area contributed by atoms with Crippen LogP contribution in [0.15, 0.2) is 5.10 Å². The van der Waals surface area contributed by atoms with E-state index in [1.807, 2.05) is 0 Å². The van der Waals surface area contributed by atoms with E-state index >= 15 is 0 Å². The standard InChI is InChI=1S/C28H48N4OS/c1-17(2)7-6-8-18(3)20-9-10-21-19-15-24(31-32-26(29)34)23-16-30-25(33)12-14-28(23,5)22(19)11-13-27(20,21)4/h17-23H,6-16H2,1-5H3,(H,30,33)(H3,29,32,34)/b31-24+/t18-,19+,20-,21+,22+,23-,27-,28-/m1/s1. The molecule has 8 atom stereocenters. The molecule has 0 aromatic rings.